The number of hydrogen-bond acceptors (Lipinski definition) is 6. The molecule has 3 aromatic rings. The molecule has 0 unspecified atom stereocenters. The number of ketones is 1. The van der Waals surface area contributed by atoms with E-state index in [0.29, 0.717) is 5.56 Å². The second-order valence-corrected chi connectivity index (χ2v) is 7.69. The number of carbonyl (C=O) groups is 3. The van der Waals surface area contributed by atoms with Crippen LogP contribution < -0.4 is 0 Å². The molecule has 4 rings (SSSR count). The van der Waals surface area contributed by atoms with Crippen molar-refractivity contribution >= 4 is 29.4 Å². The van der Waals surface area contributed by atoms with Gasteiger partial charge in [-0.05, 0) is 29.3 Å². The molecule has 0 saturated carbocycles. The first-order valence-corrected chi connectivity index (χ1v) is 10.7. The Morgan fingerprint density at radius 3 is 2.17 bits per heavy atom. The standard InChI is InChI=1S/C27H20N2O6/c30-23-17-18-28(24(31)16-11-19-7-3-1-4-8-19)25(20-9-5-2-6-10-20)26(23)35-27(32)21-12-14-22(15-13-21)29(33)34/h1-18,25-26H/b16-11+/t25-,26+/m1/s1. The number of benzene rings is 3. The van der Waals surface area contributed by atoms with Crippen LogP contribution in [-0.4, -0.2) is 33.6 Å². The average molecular weight is 468 g/mol. The van der Waals surface area contributed by atoms with E-state index in [1.54, 1.807) is 36.4 Å². The molecule has 0 bridgehead atoms. The molecular formula is C27H20N2O6. The van der Waals surface area contributed by atoms with Gasteiger partial charge in [-0.2, -0.15) is 0 Å². The molecule has 0 fully saturated rings. The molecule has 1 amide bonds. The highest BCUT2D eigenvalue weighted by atomic mass is 16.6. The maximum Gasteiger partial charge on any atom is 0.338 e. The van der Waals surface area contributed by atoms with E-state index in [4.69, 9.17) is 4.74 Å². The smallest absolute Gasteiger partial charge is 0.338 e. The first kappa shape index (κ1) is 23.3. The second-order valence-electron chi connectivity index (χ2n) is 7.69. The molecule has 0 spiro atoms. The Labute approximate surface area is 200 Å². The van der Waals surface area contributed by atoms with Crippen LogP contribution in [0.3, 0.4) is 0 Å². The second kappa shape index (κ2) is 10.4. The minimum atomic E-state index is -1.31. The number of nitro benzene ring substituents is 1. The molecule has 0 aliphatic carbocycles. The number of carbonyl (C=O) groups excluding carboxylic acids is 3. The fraction of sp³-hybridized carbons (Fsp3) is 0.0741. The molecule has 2 atom stereocenters. The highest BCUT2D eigenvalue weighted by molar-refractivity contribution is 6.01. The van der Waals surface area contributed by atoms with E-state index in [1.807, 2.05) is 30.3 Å². The van der Waals surface area contributed by atoms with Gasteiger partial charge < -0.3 is 9.64 Å². The molecule has 0 saturated heterocycles. The Hall–Kier alpha value is -4.85. The van der Waals surface area contributed by atoms with Gasteiger partial charge in [-0.3, -0.25) is 19.7 Å². The van der Waals surface area contributed by atoms with Crippen molar-refractivity contribution in [2.75, 3.05) is 0 Å². The summed E-state index contributed by atoms with van der Waals surface area (Å²) in [6.07, 6.45) is 4.32. The number of ether oxygens (including phenoxy) is 1. The van der Waals surface area contributed by atoms with Gasteiger partial charge in [-0.15, -0.1) is 0 Å². The maximum absolute atomic E-state index is 13.1. The molecule has 1 heterocycles. The van der Waals surface area contributed by atoms with Crippen molar-refractivity contribution in [3.05, 3.63) is 130 Å². The zero-order valence-corrected chi connectivity index (χ0v) is 18.4. The lowest BCUT2D eigenvalue weighted by atomic mass is 9.94. The zero-order chi connectivity index (χ0) is 24.8. The Kier molecular flexibility index (Phi) is 6.92. The molecule has 0 N–H and O–H groups in total. The van der Waals surface area contributed by atoms with Crippen molar-refractivity contribution in [3.63, 3.8) is 0 Å². The molecule has 0 radical (unpaired) electrons. The van der Waals surface area contributed by atoms with Crippen molar-refractivity contribution in [1.82, 2.24) is 4.90 Å². The van der Waals surface area contributed by atoms with Crippen molar-refractivity contribution in [3.8, 4) is 0 Å². The normalized spacial score (nSPS) is 17.4. The minimum Gasteiger partial charge on any atom is -0.448 e. The van der Waals surface area contributed by atoms with E-state index >= 15 is 0 Å². The Balaban J connectivity index is 1.63. The lowest BCUT2D eigenvalue weighted by Crippen LogP contribution is -2.45. The monoisotopic (exact) mass is 468 g/mol. The summed E-state index contributed by atoms with van der Waals surface area (Å²) in [6.45, 7) is 0. The highest BCUT2D eigenvalue weighted by Gasteiger charge is 2.40. The van der Waals surface area contributed by atoms with Gasteiger partial charge in [-0.25, -0.2) is 4.79 Å². The molecule has 8 nitrogen and oxygen atoms in total. The van der Waals surface area contributed by atoms with Gasteiger partial charge in [0.1, 0.15) is 6.04 Å². The third kappa shape index (κ3) is 5.39. The third-order valence-corrected chi connectivity index (χ3v) is 5.43. The molecule has 0 aromatic heterocycles. The quantitative estimate of drug-likeness (QED) is 0.228. The number of esters is 1. The molecule has 8 heteroatoms. The van der Waals surface area contributed by atoms with Crippen molar-refractivity contribution in [2.45, 2.75) is 12.1 Å². The van der Waals surface area contributed by atoms with Gasteiger partial charge in [0, 0.05) is 30.5 Å². The van der Waals surface area contributed by atoms with E-state index in [1.165, 1.54) is 47.5 Å². The van der Waals surface area contributed by atoms with E-state index in [9.17, 15) is 24.5 Å². The number of nitrogens with zero attached hydrogens (tertiary/aromatic N) is 2. The van der Waals surface area contributed by atoms with Crippen LogP contribution in [0.4, 0.5) is 5.69 Å². The van der Waals surface area contributed by atoms with Crippen molar-refractivity contribution in [2.24, 2.45) is 0 Å². The van der Waals surface area contributed by atoms with Gasteiger partial charge in [0.25, 0.3) is 11.6 Å². The van der Waals surface area contributed by atoms with Gasteiger partial charge >= 0.3 is 5.97 Å². The van der Waals surface area contributed by atoms with E-state index in [2.05, 4.69) is 0 Å². The van der Waals surface area contributed by atoms with Crippen LogP contribution >= 0.6 is 0 Å². The summed E-state index contributed by atoms with van der Waals surface area (Å²) in [5, 5.41) is 10.9. The van der Waals surface area contributed by atoms with E-state index < -0.39 is 34.7 Å². The number of amides is 1. The topological polar surface area (TPSA) is 107 Å². The SMILES string of the molecule is O=C(O[C@H]1C(=O)C=CN(C(=O)/C=C/c2ccccc2)[C@@H]1c1ccccc1)c1ccc([N+](=O)[O-])cc1. The van der Waals surface area contributed by atoms with Gasteiger partial charge in [0.05, 0.1) is 10.5 Å². The molecular weight excluding hydrogens is 448 g/mol. The lowest BCUT2D eigenvalue weighted by molar-refractivity contribution is -0.384. The first-order chi connectivity index (χ1) is 16.9. The molecule has 35 heavy (non-hydrogen) atoms. The van der Waals surface area contributed by atoms with Crippen molar-refractivity contribution in [1.29, 1.82) is 0 Å². The summed E-state index contributed by atoms with van der Waals surface area (Å²) >= 11 is 0. The van der Waals surface area contributed by atoms with Gasteiger partial charge in [0.15, 0.2) is 11.9 Å². The van der Waals surface area contributed by atoms with E-state index in [-0.39, 0.29) is 11.3 Å². The number of rotatable bonds is 6. The summed E-state index contributed by atoms with van der Waals surface area (Å²) in [7, 11) is 0. The minimum absolute atomic E-state index is 0.0478. The van der Waals surface area contributed by atoms with Crippen LogP contribution in [0.5, 0.6) is 0 Å². The van der Waals surface area contributed by atoms with Crippen molar-refractivity contribution < 1.29 is 24.0 Å². The van der Waals surface area contributed by atoms with Crippen LogP contribution in [0.25, 0.3) is 6.08 Å². The van der Waals surface area contributed by atoms with Gasteiger partial charge in [-0.1, -0.05) is 60.7 Å². The number of non-ortho nitro benzene ring substituents is 1. The Bertz CT molecular complexity index is 1300. The average Bonchev–Trinajstić information content (AvgIpc) is 2.89. The lowest BCUT2D eigenvalue weighted by Gasteiger charge is -2.36. The van der Waals surface area contributed by atoms with Gasteiger partial charge in [0.2, 0.25) is 0 Å². The van der Waals surface area contributed by atoms with E-state index in [0.717, 1.165) is 5.56 Å². The summed E-state index contributed by atoms with van der Waals surface area (Å²) in [5.74, 6) is -1.71. The largest absolute Gasteiger partial charge is 0.448 e. The summed E-state index contributed by atoms with van der Waals surface area (Å²) < 4.78 is 5.57. The number of nitro groups is 1. The third-order valence-electron chi connectivity index (χ3n) is 5.43. The molecule has 174 valence electrons. The van der Waals surface area contributed by atoms with Crippen LogP contribution in [0, 0.1) is 10.1 Å². The van der Waals surface area contributed by atoms with Crippen LogP contribution in [0.2, 0.25) is 0 Å². The first-order valence-electron chi connectivity index (χ1n) is 10.7. The van der Waals surface area contributed by atoms with Crippen LogP contribution in [0.1, 0.15) is 27.5 Å². The molecule has 1 aliphatic rings. The Morgan fingerprint density at radius 1 is 0.914 bits per heavy atom. The van der Waals surface area contributed by atoms with Crippen LogP contribution in [-0.2, 0) is 14.3 Å². The molecule has 1 aliphatic heterocycles. The fourth-order valence-electron chi connectivity index (χ4n) is 3.68. The highest BCUT2D eigenvalue weighted by Crippen LogP contribution is 2.32. The van der Waals surface area contributed by atoms with Crippen LogP contribution in [0.15, 0.2) is 103 Å². The Morgan fingerprint density at radius 2 is 1.54 bits per heavy atom. The predicted octanol–water partition coefficient (Wildman–Crippen LogP) is 4.50. The predicted molar refractivity (Wildman–Crippen MR) is 128 cm³/mol. The number of hydrogen-bond donors (Lipinski definition) is 0. The molecule has 3 aromatic carbocycles. The summed E-state index contributed by atoms with van der Waals surface area (Å²) in [6, 6.07) is 22.0. The zero-order valence-electron chi connectivity index (χ0n) is 18.4. The maximum atomic E-state index is 13.1. The summed E-state index contributed by atoms with van der Waals surface area (Å²) in [4.78, 5) is 50.4. The summed E-state index contributed by atoms with van der Waals surface area (Å²) in [5.41, 5.74) is 1.30. The fourth-order valence-corrected chi connectivity index (χ4v) is 3.68.